The molecule has 0 saturated carbocycles. The number of aryl methyl sites for hydroxylation is 1. The molecule has 1 aliphatic heterocycles. The summed E-state index contributed by atoms with van der Waals surface area (Å²) in [6.07, 6.45) is 2.37. The van der Waals surface area contributed by atoms with E-state index in [1.807, 2.05) is 6.07 Å². The maximum Gasteiger partial charge on any atom is 0.163 e. The lowest BCUT2D eigenvalue weighted by molar-refractivity contribution is 0.0396. The summed E-state index contributed by atoms with van der Waals surface area (Å²) in [4.78, 5) is 18.0. The van der Waals surface area contributed by atoms with E-state index in [4.69, 9.17) is 19.6 Å². The van der Waals surface area contributed by atoms with Gasteiger partial charge in [0.1, 0.15) is 12.2 Å². The number of hydrogen-bond acceptors (Lipinski definition) is 7. The number of nitrogens with one attached hydrogen (secondary N) is 1. The minimum atomic E-state index is -1.30. The van der Waals surface area contributed by atoms with Crippen LogP contribution >= 0.6 is 0 Å². The first kappa shape index (κ1) is 28.7. The third-order valence-corrected chi connectivity index (χ3v) is 7.80. The molecule has 7 nitrogen and oxygen atoms in total. The van der Waals surface area contributed by atoms with Crippen LogP contribution in [0.25, 0.3) is 11.3 Å². The van der Waals surface area contributed by atoms with E-state index in [0.717, 1.165) is 37.2 Å². The highest BCUT2D eigenvalue weighted by Gasteiger charge is 2.33. The summed E-state index contributed by atoms with van der Waals surface area (Å²) in [5.74, 6) is 0.780. The highest BCUT2D eigenvalue weighted by atomic mass is 16.5. The molecule has 3 N–H and O–H groups in total. The number of hydrogen-bond donors (Lipinski definition) is 3. The highest BCUT2D eigenvalue weighted by molar-refractivity contribution is 5.96. The molecule has 0 spiro atoms. The number of carbonyl (C=O) groups is 1. The second-order valence-electron chi connectivity index (χ2n) is 10.9. The number of piperidine rings is 1. The normalized spacial score (nSPS) is 16.4. The summed E-state index contributed by atoms with van der Waals surface area (Å²) in [5, 5.41) is 24.1. The first-order chi connectivity index (χ1) is 18.6. The predicted molar refractivity (Wildman–Crippen MR) is 153 cm³/mol. The molecule has 1 saturated heterocycles. The molecule has 1 aromatic heterocycles. The van der Waals surface area contributed by atoms with Gasteiger partial charge in [-0.15, -0.1) is 0 Å². The number of aromatic nitrogens is 1. The molecule has 2 heterocycles. The molecule has 1 atom stereocenters. The van der Waals surface area contributed by atoms with E-state index < -0.39 is 5.60 Å². The van der Waals surface area contributed by atoms with Crippen LogP contribution in [0.15, 0.2) is 54.6 Å². The molecule has 7 heteroatoms. The quantitative estimate of drug-likeness (QED) is 0.301. The van der Waals surface area contributed by atoms with Crippen LogP contribution in [0, 0.1) is 6.92 Å². The van der Waals surface area contributed by atoms with Crippen LogP contribution < -0.4 is 14.8 Å². The van der Waals surface area contributed by atoms with Crippen molar-refractivity contribution in [2.75, 3.05) is 33.4 Å². The number of methoxy groups -OCH3 is 1. The second kappa shape index (κ2) is 12.3. The van der Waals surface area contributed by atoms with Crippen molar-refractivity contribution in [3.05, 3.63) is 77.0 Å². The fourth-order valence-corrected chi connectivity index (χ4v) is 5.04. The summed E-state index contributed by atoms with van der Waals surface area (Å²) in [6, 6.07) is 17.4. The first-order valence-electron chi connectivity index (χ1n) is 13.6. The van der Waals surface area contributed by atoms with Crippen LogP contribution in [-0.4, -0.2) is 54.4 Å². The SMILES string of the molecule is COc1cc(C(=O)CCC(C)(O)c2cc(C3(C)CCNCC3)cc(-c3ccc(C)cc3)n2)ccc1OCCO. The van der Waals surface area contributed by atoms with Gasteiger partial charge in [0, 0.05) is 17.5 Å². The van der Waals surface area contributed by atoms with E-state index in [-0.39, 0.29) is 37.3 Å². The van der Waals surface area contributed by atoms with Gasteiger partial charge in [0.15, 0.2) is 17.3 Å². The van der Waals surface area contributed by atoms with Gasteiger partial charge < -0.3 is 25.0 Å². The maximum atomic E-state index is 13.1. The number of Topliss-reactive ketones (excluding diaryl/α,β-unsaturated/α-hetero) is 1. The van der Waals surface area contributed by atoms with Crippen molar-refractivity contribution >= 4 is 5.78 Å². The summed E-state index contributed by atoms with van der Waals surface area (Å²) in [5.41, 5.74) is 3.90. The number of nitrogens with zero attached hydrogens (tertiary/aromatic N) is 1. The van der Waals surface area contributed by atoms with Gasteiger partial charge >= 0.3 is 0 Å². The average molecular weight is 533 g/mol. The Balaban J connectivity index is 1.60. The van der Waals surface area contributed by atoms with Gasteiger partial charge in [0.05, 0.1) is 25.1 Å². The zero-order valence-electron chi connectivity index (χ0n) is 23.4. The minimum absolute atomic E-state index is 0.0231. The third kappa shape index (κ3) is 6.85. The van der Waals surface area contributed by atoms with E-state index >= 15 is 0 Å². The number of pyridine rings is 1. The Morgan fingerprint density at radius 3 is 2.46 bits per heavy atom. The highest BCUT2D eigenvalue weighted by Crippen LogP contribution is 2.38. The summed E-state index contributed by atoms with van der Waals surface area (Å²) >= 11 is 0. The monoisotopic (exact) mass is 532 g/mol. The van der Waals surface area contributed by atoms with Crippen LogP contribution in [0.1, 0.15) is 66.7 Å². The molecule has 2 aromatic carbocycles. The molecule has 1 unspecified atom stereocenters. The molecular weight excluding hydrogens is 492 g/mol. The Morgan fingerprint density at radius 1 is 1.08 bits per heavy atom. The van der Waals surface area contributed by atoms with E-state index in [1.54, 1.807) is 25.1 Å². The van der Waals surface area contributed by atoms with E-state index in [1.165, 1.54) is 18.2 Å². The molecule has 3 aromatic rings. The molecule has 0 bridgehead atoms. The van der Waals surface area contributed by atoms with E-state index in [2.05, 4.69) is 49.5 Å². The standard InChI is InChI=1S/C32H40N2O5/c1-22-5-7-23(8-6-22)26-20-25(31(2)13-15-33-16-14-31)21-30(34-26)32(3,37)12-11-27(36)24-9-10-28(39-18-17-35)29(19-24)38-4/h5-10,19-21,33,35,37H,11-18H2,1-4H3. The Hall–Kier alpha value is -3.26. The van der Waals surface area contributed by atoms with Crippen LogP contribution in [0.3, 0.4) is 0 Å². The largest absolute Gasteiger partial charge is 0.493 e. The topological polar surface area (TPSA) is 101 Å². The molecule has 4 rings (SSSR count). The Labute approximate surface area is 231 Å². The minimum Gasteiger partial charge on any atom is -0.493 e. The van der Waals surface area contributed by atoms with Crippen molar-refractivity contribution in [2.45, 2.75) is 57.5 Å². The van der Waals surface area contributed by atoms with Gasteiger partial charge in [-0.2, -0.15) is 0 Å². The van der Waals surface area contributed by atoms with Crippen molar-refractivity contribution in [1.82, 2.24) is 10.3 Å². The molecule has 39 heavy (non-hydrogen) atoms. The van der Waals surface area contributed by atoms with Gasteiger partial charge in [0.25, 0.3) is 0 Å². The fraction of sp³-hybridized carbons (Fsp3) is 0.438. The van der Waals surface area contributed by atoms with E-state index in [9.17, 15) is 9.90 Å². The lowest BCUT2D eigenvalue weighted by atomic mass is 9.74. The number of rotatable bonds is 11. The van der Waals surface area contributed by atoms with Gasteiger partial charge in [-0.1, -0.05) is 36.8 Å². The molecular formula is C32H40N2O5. The van der Waals surface area contributed by atoms with Gasteiger partial charge in [-0.25, -0.2) is 4.98 Å². The first-order valence-corrected chi connectivity index (χ1v) is 13.6. The van der Waals surface area contributed by atoms with Crippen molar-refractivity contribution in [1.29, 1.82) is 0 Å². The molecule has 0 radical (unpaired) electrons. The number of ketones is 1. The second-order valence-corrected chi connectivity index (χ2v) is 10.9. The molecule has 0 amide bonds. The smallest absolute Gasteiger partial charge is 0.163 e. The molecule has 208 valence electrons. The number of ether oxygens (including phenoxy) is 2. The zero-order chi connectivity index (χ0) is 28.0. The average Bonchev–Trinajstić information content (AvgIpc) is 2.95. The lowest BCUT2D eigenvalue weighted by Crippen LogP contribution is -2.38. The van der Waals surface area contributed by atoms with Crippen LogP contribution in [0.5, 0.6) is 11.5 Å². The summed E-state index contributed by atoms with van der Waals surface area (Å²) < 4.78 is 10.8. The summed E-state index contributed by atoms with van der Waals surface area (Å²) in [7, 11) is 1.51. The summed E-state index contributed by atoms with van der Waals surface area (Å²) in [6.45, 7) is 8.00. The van der Waals surface area contributed by atoms with Crippen LogP contribution in [0.4, 0.5) is 0 Å². The van der Waals surface area contributed by atoms with E-state index in [0.29, 0.717) is 22.8 Å². The number of benzene rings is 2. The fourth-order valence-electron chi connectivity index (χ4n) is 5.04. The van der Waals surface area contributed by atoms with Gasteiger partial charge in [0.2, 0.25) is 0 Å². The zero-order valence-corrected chi connectivity index (χ0v) is 23.4. The molecule has 1 aliphatic rings. The Bertz CT molecular complexity index is 1280. The van der Waals surface area contributed by atoms with Crippen molar-refractivity contribution in [3.8, 4) is 22.8 Å². The van der Waals surface area contributed by atoms with Crippen molar-refractivity contribution in [3.63, 3.8) is 0 Å². The predicted octanol–water partition coefficient (Wildman–Crippen LogP) is 4.95. The third-order valence-electron chi connectivity index (χ3n) is 7.80. The van der Waals surface area contributed by atoms with Gasteiger partial charge in [-0.05, 0) is 87.5 Å². The van der Waals surface area contributed by atoms with Crippen molar-refractivity contribution in [2.24, 2.45) is 0 Å². The Kier molecular flexibility index (Phi) is 9.05. The number of aliphatic hydroxyl groups excluding tert-OH is 1. The molecule has 1 fully saturated rings. The van der Waals surface area contributed by atoms with Crippen molar-refractivity contribution < 1.29 is 24.5 Å². The lowest BCUT2D eigenvalue weighted by Gasteiger charge is -2.36. The number of aliphatic hydroxyl groups is 2. The Morgan fingerprint density at radius 2 is 1.79 bits per heavy atom. The molecule has 0 aliphatic carbocycles. The van der Waals surface area contributed by atoms with Crippen LogP contribution in [-0.2, 0) is 11.0 Å². The number of carbonyl (C=O) groups excluding carboxylic acids is 1. The maximum absolute atomic E-state index is 13.1. The van der Waals surface area contributed by atoms with Crippen LogP contribution in [0.2, 0.25) is 0 Å². The van der Waals surface area contributed by atoms with Gasteiger partial charge in [-0.3, -0.25) is 4.79 Å².